The van der Waals surface area contributed by atoms with Gasteiger partial charge < -0.3 is 14.7 Å². The lowest BCUT2D eigenvalue weighted by Crippen LogP contribution is -2.37. The van der Waals surface area contributed by atoms with E-state index in [0.717, 1.165) is 18.8 Å². The van der Waals surface area contributed by atoms with Crippen LogP contribution in [0.3, 0.4) is 0 Å². The van der Waals surface area contributed by atoms with Gasteiger partial charge in [0.25, 0.3) is 5.56 Å². The monoisotopic (exact) mass is 253 g/mol. The molecule has 0 radical (unpaired) electrons. The summed E-state index contributed by atoms with van der Waals surface area (Å²) in [4.78, 5) is 13.9. The topological polar surface area (TPSA) is 67.6 Å². The number of ether oxygens (including phenoxy) is 1. The van der Waals surface area contributed by atoms with Crippen molar-refractivity contribution in [1.82, 2.24) is 9.78 Å². The fourth-order valence-corrected chi connectivity index (χ4v) is 1.88. The highest BCUT2D eigenvalue weighted by atomic mass is 16.5. The zero-order valence-electron chi connectivity index (χ0n) is 10.6. The summed E-state index contributed by atoms with van der Waals surface area (Å²) in [6.45, 7) is 5.04. The van der Waals surface area contributed by atoms with Crippen molar-refractivity contribution in [3.63, 3.8) is 0 Å². The fraction of sp³-hybridized carbons (Fsp3) is 0.667. The molecule has 1 aliphatic heterocycles. The quantitative estimate of drug-likeness (QED) is 0.808. The number of aliphatic hydroxyl groups is 1. The van der Waals surface area contributed by atoms with Crippen molar-refractivity contribution < 1.29 is 9.84 Å². The van der Waals surface area contributed by atoms with Crippen molar-refractivity contribution in [2.24, 2.45) is 0 Å². The van der Waals surface area contributed by atoms with Crippen molar-refractivity contribution >= 4 is 5.69 Å². The lowest BCUT2D eigenvalue weighted by Gasteiger charge is -2.28. The second kappa shape index (κ2) is 5.97. The lowest BCUT2D eigenvalue weighted by atomic mass is 10.3. The first-order chi connectivity index (χ1) is 8.70. The molecule has 6 nitrogen and oxygen atoms in total. The fourth-order valence-electron chi connectivity index (χ4n) is 1.88. The minimum absolute atomic E-state index is 0.175. The molecule has 1 atom stereocenters. The summed E-state index contributed by atoms with van der Waals surface area (Å²) in [6.07, 6.45) is 1.76. The third-order valence-electron chi connectivity index (χ3n) is 3.09. The van der Waals surface area contributed by atoms with Crippen LogP contribution in [0.4, 0.5) is 5.69 Å². The second-order valence-electron chi connectivity index (χ2n) is 4.40. The minimum atomic E-state index is -0.524. The van der Waals surface area contributed by atoms with Crippen LogP contribution in [-0.4, -0.2) is 47.3 Å². The van der Waals surface area contributed by atoms with Crippen LogP contribution in [0.2, 0.25) is 0 Å². The van der Waals surface area contributed by atoms with Gasteiger partial charge in [0.15, 0.2) is 0 Å². The second-order valence-corrected chi connectivity index (χ2v) is 4.40. The molecule has 1 unspecified atom stereocenters. The molecule has 1 fully saturated rings. The highest BCUT2D eigenvalue weighted by Crippen LogP contribution is 2.11. The molecule has 2 heterocycles. The Labute approximate surface area is 106 Å². The molecule has 0 amide bonds. The van der Waals surface area contributed by atoms with Gasteiger partial charge in [-0.05, 0) is 6.42 Å². The van der Waals surface area contributed by atoms with E-state index in [1.165, 1.54) is 4.68 Å². The van der Waals surface area contributed by atoms with Gasteiger partial charge in [0.05, 0.1) is 37.7 Å². The molecule has 0 bridgehead atoms. The molecule has 1 aromatic rings. The van der Waals surface area contributed by atoms with Crippen molar-refractivity contribution in [2.45, 2.75) is 26.0 Å². The smallest absolute Gasteiger partial charge is 0.268 e. The molecular weight excluding hydrogens is 234 g/mol. The number of rotatable bonds is 4. The highest BCUT2D eigenvalue weighted by Gasteiger charge is 2.13. The summed E-state index contributed by atoms with van der Waals surface area (Å²) in [5, 5.41) is 13.6. The summed E-state index contributed by atoms with van der Waals surface area (Å²) < 4.78 is 6.57. The van der Waals surface area contributed by atoms with E-state index in [1.807, 2.05) is 6.92 Å². The van der Waals surface area contributed by atoms with Gasteiger partial charge in [0.2, 0.25) is 0 Å². The van der Waals surface area contributed by atoms with Crippen LogP contribution in [0.1, 0.15) is 13.3 Å². The van der Waals surface area contributed by atoms with Crippen LogP contribution < -0.4 is 10.5 Å². The summed E-state index contributed by atoms with van der Waals surface area (Å²) >= 11 is 0. The van der Waals surface area contributed by atoms with E-state index in [2.05, 4.69) is 10.00 Å². The Hall–Kier alpha value is -1.40. The van der Waals surface area contributed by atoms with Crippen molar-refractivity contribution in [1.29, 1.82) is 0 Å². The maximum atomic E-state index is 11.9. The van der Waals surface area contributed by atoms with Crippen molar-refractivity contribution in [2.75, 3.05) is 31.2 Å². The maximum absolute atomic E-state index is 11.9. The van der Waals surface area contributed by atoms with Gasteiger partial charge in [-0.3, -0.25) is 4.79 Å². The van der Waals surface area contributed by atoms with Crippen LogP contribution >= 0.6 is 0 Å². The van der Waals surface area contributed by atoms with E-state index in [1.54, 1.807) is 12.3 Å². The minimum Gasteiger partial charge on any atom is -0.391 e. The van der Waals surface area contributed by atoms with Crippen molar-refractivity contribution in [3.8, 4) is 0 Å². The Morgan fingerprint density at radius 3 is 2.83 bits per heavy atom. The molecule has 6 heteroatoms. The van der Waals surface area contributed by atoms with E-state index in [0.29, 0.717) is 19.6 Å². The first-order valence-electron chi connectivity index (χ1n) is 6.28. The Bertz CT molecular complexity index is 440. The van der Waals surface area contributed by atoms with Gasteiger partial charge in [-0.1, -0.05) is 6.92 Å². The largest absolute Gasteiger partial charge is 0.391 e. The number of aromatic nitrogens is 2. The molecular formula is C12H19N3O3. The average molecular weight is 253 g/mol. The Kier molecular flexibility index (Phi) is 4.33. The Balaban J connectivity index is 2.11. The lowest BCUT2D eigenvalue weighted by molar-refractivity contribution is 0.122. The standard InChI is InChI=1S/C12H19N3O3/c1-2-11(16)9-15-12(17)7-10(8-13-15)14-3-5-18-6-4-14/h7-8,11,16H,2-6,9H2,1H3. The summed E-state index contributed by atoms with van der Waals surface area (Å²) in [5.41, 5.74) is 0.650. The van der Waals surface area contributed by atoms with Crippen LogP contribution in [-0.2, 0) is 11.3 Å². The third-order valence-corrected chi connectivity index (χ3v) is 3.09. The Morgan fingerprint density at radius 1 is 1.50 bits per heavy atom. The average Bonchev–Trinajstić information content (AvgIpc) is 2.42. The van der Waals surface area contributed by atoms with Crippen LogP contribution in [0, 0.1) is 0 Å². The maximum Gasteiger partial charge on any atom is 0.268 e. The predicted molar refractivity (Wildman–Crippen MR) is 67.8 cm³/mol. The summed E-state index contributed by atoms with van der Waals surface area (Å²) in [7, 11) is 0. The number of nitrogens with zero attached hydrogens (tertiary/aromatic N) is 3. The third kappa shape index (κ3) is 3.08. The van der Waals surface area contributed by atoms with Gasteiger partial charge in [0.1, 0.15) is 0 Å². The van der Waals surface area contributed by atoms with E-state index >= 15 is 0 Å². The van der Waals surface area contributed by atoms with Crippen molar-refractivity contribution in [3.05, 3.63) is 22.6 Å². The van der Waals surface area contributed by atoms with Crippen LogP contribution in [0.5, 0.6) is 0 Å². The van der Waals surface area contributed by atoms with Gasteiger partial charge >= 0.3 is 0 Å². The normalized spacial score (nSPS) is 17.8. The first kappa shape index (κ1) is 13.0. The number of anilines is 1. The summed E-state index contributed by atoms with van der Waals surface area (Å²) in [5.74, 6) is 0. The zero-order valence-corrected chi connectivity index (χ0v) is 10.6. The molecule has 18 heavy (non-hydrogen) atoms. The Morgan fingerprint density at radius 2 is 2.22 bits per heavy atom. The molecule has 2 rings (SSSR count). The predicted octanol–water partition coefficient (Wildman–Crippen LogP) is -0.149. The van der Waals surface area contributed by atoms with Gasteiger partial charge in [-0.15, -0.1) is 0 Å². The van der Waals surface area contributed by atoms with Crippen LogP contribution in [0.25, 0.3) is 0 Å². The first-order valence-corrected chi connectivity index (χ1v) is 6.28. The van der Waals surface area contributed by atoms with E-state index in [9.17, 15) is 9.90 Å². The molecule has 0 aliphatic carbocycles. The number of hydrogen-bond acceptors (Lipinski definition) is 5. The van der Waals surface area contributed by atoms with Gasteiger partial charge in [0, 0.05) is 19.2 Å². The SMILES string of the molecule is CCC(O)Cn1ncc(N2CCOCC2)cc1=O. The molecule has 1 saturated heterocycles. The molecule has 1 aromatic heterocycles. The van der Waals surface area contributed by atoms with Crippen LogP contribution in [0.15, 0.2) is 17.1 Å². The number of aliphatic hydroxyl groups excluding tert-OH is 1. The van der Waals surface area contributed by atoms with E-state index in [4.69, 9.17) is 4.74 Å². The molecule has 100 valence electrons. The molecule has 0 saturated carbocycles. The summed E-state index contributed by atoms with van der Waals surface area (Å²) in [6, 6.07) is 1.57. The molecule has 0 aromatic carbocycles. The van der Waals surface area contributed by atoms with Gasteiger partial charge in [-0.25, -0.2) is 4.68 Å². The van der Waals surface area contributed by atoms with E-state index < -0.39 is 6.10 Å². The van der Waals surface area contributed by atoms with Gasteiger partial charge in [-0.2, -0.15) is 5.10 Å². The highest BCUT2D eigenvalue weighted by molar-refractivity contribution is 5.43. The molecule has 0 spiro atoms. The molecule has 1 N–H and O–H groups in total. The molecule has 1 aliphatic rings. The number of morpholine rings is 1. The number of hydrogen-bond donors (Lipinski definition) is 1. The van der Waals surface area contributed by atoms with E-state index in [-0.39, 0.29) is 12.1 Å². The zero-order chi connectivity index (χ0) is 13.0.